The zero-order valence-electron chi connectivity index (χ0n) is 18.4. The first kappa shape index (κ1) is 22.2. The van der Waals surface area contributed by atoms with E-state index < -0.39 is 4.92 Å². The predicted molar refractivity (Wildman–Crippen MR) is 128 cm³/mol. The molecule has 1 saturated heterocycles. The van der Waals surface area contributed by atoms with Gasteiger partial charge in [0, 0.05) is 63.3 Å². The van der Waals surface area contributed by atoms with Crippen LogP contribution in [0.4, 0.5) is 22.9 Å². The largest absolute Gasteiger partial charge is 0.355 e. The Kier molecular flexibility index (Phi) is 6.80. The molecule has 2 heterocycles. The minimum absolute atomic E-state index is 0.147. The summed E-state index contributed by atoms with van der Waals surface area (Å²) in [7, 11) is 1.49. The van der Waals surface area contributed by atoms with Crippen LogP contribution in [-0.4, -0.2) is 53.9 Å². The minimum Gasteiger partial charge on any atom is -0.355 e. The molecule has 33 heavy (non-hydrogen) atoms. The van der Waals surface area contributed by atoms with Gasteiger partial charge in [-0.05, 0) is 42.0 Å². The molecule has 0 spiro atoms. The van der Waals surface area contributed by atoms with Crippen LogP contribution < -0.4 is 15.5 Å². The van der Waals surface area contributed by atoms with Gasteiger partial charge in [0.15, 0.2) is 0 Å². The highest BCUT2D eigenvalue weighted by Crippen LogP contribution is 2.29. The van der Waals surface area contributed by atoms with Gasteiger partial charge in [0.1, 0.15) is 11.5 Å². The van der Waals surface area contributed by atoms with Crippen molar-refractivity contribution in [2.24, 2.45) is 0 Å². The molecular weight excluding hydrogens is 420 g/mol. The number of hydrogen-bond acceptors (Lipinski definition) is 7. The van der Waals surface area contributed by atoms with E-state index in [1.165, 1.54) is 18.7 Å². The quantitative estimate of drug-likeness (QED) is 0.423. The average molecular weight is 447 g/mol. The molecule has 1 amide bonds. The molecule has 0 atom stereocenters. The van der Waals surface area contributed by atoms with Gasteiger partial charge in [-0.3, -0.25) is 19.8 Å². The fourth-order valence-corrected chi connectivity index (χ4v) is 3.86. The lowest BCUT2D eigenvalue weighted by atomic mass is 10.1. The predicted octanol–water partition coefficient (Wildman–Crippen LogP) is 3.42. The number of carbonyl (C=O) groups excluding carboxylic acids is 1. The van der Waals surface area contributed by atoms with Gasteiger partial charge in [-0.2, -0.15) is 0 Å². The van der Waals surface area contributed by atoms with Crippen molar-refractivity contribution in [3.05, 3.63) is 88.1 Å². The number of piperazine rings is 1. The Balaban J connectivity index is 1.36. The fraction of sp³-hybridized carbons (Fsp3) is 0.250. The van der Waals surface area contributed by atoms with Gasteiger partial charge < -0.3 is 15.5 Å². The van der Waals surface area contributed by atoms with Crippen LogP contribution >= 0.6 is 0 Å². The molecule has 2 N–H and O–H groups in total. The van der Waals surface area contributed by atoms with E-state index in [1.54, 1.807) is 12.1 Å². The Hall–Kier alpha value is -3.98. The minimum atomic E-state index is -0.492. The number of hydrogen-bond donors (Lipinski definition) is 2. The van der Waals surface area contributed by atoms with Crippen molar-refractivity contribution in [1.82, 2.24) is 15.2 Å². The molecule has 1 aliphatic rings. The van der Waals surface area contributed by atoms with Crippen LogP contribution in [0.5, 0.6) is 0 Å². The number of nitro groups is 1. The molecule has 2 aromatic carbocycles. The third kappa shape index (κ3) is 5.45. The molecule has 1 aromatic heterocycles. The van der Waals surface area contributed by atoms with Gasteiger partial charge in [0.2, 0.25) is 0 Å². The number of aromatic nitrogens is 1. The smallest absolute Gasteiger partial charge is 0.293 e. The van der Waals surface area contributed by atoms with Crippen LogP contribution in [-0.2, 0) is 6.54 Å². The molecule has 9 heteroatoms. The number of anilines is 3. The molecule has 9 nitrogen and oxygen atoms in total. The van der Waals surface area contributed by atoms with Gasteiger partial charge in [-0.1, -0.05) is 18.2 Å². The Labute approximate surface area is 192 Å². The van der Waals surface area contributed by atoms with Crippen LogP contribution in [0.25, 0.3) is 0 Å². The van der Waals surface area contributed by atoms with Gasteiger partial charge in [0.05, 0.1) is 4.92 Å². The third-order valence-corrected chi connectivity index (χ3v) is 5.67. The summed E-state index contributed by atoms with van der Waals surface area (Å²) in [5.74, 6) is 0.653. The molecule has 0 radical (unpaired) electrons. The zero-order chi connectivity index (χ0) is 23.2. The van der Waals surface area contributed by atoms with Crippen molar-refractivity contribution in [2.45, 2.75) is 6.54 Å². The highest BCUT2D eigenvalue weighted by molar-refractivity contribution is 5.95. The third-order valence-electron chi connectivity index (χ3n) is 5.67. The number of nitrogens with zero attached hydrogens (tertiary/aromatic N) is 4. The summed E-state index contributed by atoms with van der Waals surface area (Å²) in [6, 6.07) is 18.2. The van der Waals surface area contributed by atoms with E-state index in [0.29, 0.717) is 5.69 Å². The number of rotatable bonds is 7. The Morgan fingerprint density at radius 1 is 1.06 bits per heavy atom. The Morgan fingerprint density at radius 3 is 2.45 bits per heavy atom. The molecular formula is C24H26N6O3. The van der Waals surface area contributed by atoms with Gasteiger partial charge in [0.25, 0.3) is 11.6 Å². The number of nitro benzene ring substituents is 1. The van der Waals surface area contributed by atoms with Crippen molar-refractivity contribution in [1.29, 1.82) is 0 Å². The van der Waals surface area contributed by atoms with Crippen LogP contribution in [0, 0.1) is 10.1 Å². The second-order valence-electron chi connectivity index (χ2n) is 7.84. The summed E-state index contributed by atoms with van der Waals surface area (Å²) in [6.07, 6.45) is 1.82. The maximum atomic E-state index is 11.8. The van der Waals surface area contributed by atoms with Gasteiger partial charge in [-0.25, -0.2) is 4.98 Å². The summed E-state index contributed by atoms with van der Waals surface area (Å²) >= 11 is 0. The molecule has 0 saturated carbocycles. The molecule has 0 aliphatic carbocycles. The topological polar surface area (TPSA) is 104 Å². The second-order valence-corrected chi connectivity index (χ2v) is 7.84. The number of amides is 1. The first-order valence-corrected chi connectivity index (χ1v) is 10.8. The number of benzene rings is 2. The molecule has 0 bridgehead atoms. The van der Waals surface area contributed by atoms with Crippen LogP contribution in [0.1, 0.15) is 15.9 Å². The summed E-state index contributed by atoms with van der Waals surface area (Å²) < 4.78 is 0. The molecule has 0 unspecified atom stereocenters. The summed E-state index contributed by atoms with van der Waals surface area (Å²) in [6.45, 7) is 4.64. The van der Waals surface area contributed by atoms with Gasteiger partial charge >= 0.3 is 0 Å². The van der Waals surface area contributed by atoms with E-state index in [2.05, 4.69) is 25.4 Å². The van der Waals surface area contributed by atoms with Crippen molar-refractivity contribution in [3.63, 3.8) is 0 Å². The zero-order valence-corrected chi connectivity index (χ0v) is 18.4. The molecule has 1 fully saturated rings. The molecule has 4 rings (SSSR count). The van der Waals surface area contributed by atoms with E-state index in [0.717, 1.165) is 44.2 Å². The summed E-state index contributed by atoms with van der Waals surface area (Å²) in [5.41, 5.74) is 2.36. The first-order valence-electron chi connectivity index (χ1n) is 10.8. The molecule has 170 valence electrons. The van der Waals surface area contributed by atoms with Crippen molar-refractivity contribution >= 4 is 28.8 Å². The standard InChI is InChI=1S/C24H26N6O3/c1-25-24(31)19-7-10-21(22(16-19)30(32)33)27-20-8-5-18(6-9-20)17-28-12-14-29(15-13-28)23-4-2-3-11-26-23/h2-11,16,27H,12-15,17H2,1H3,(H,25,31). The molecule has 3 aromatic rings. The average Bonchev–Trinajstić information content (AvgIpc) is 2.86. The van der Waals surface area contributed by atoms with Crippen LogP contribution in [0.15, 0.2) is 66.9 Å². The normalized spacial score (nSPS) is 14.0. The van der Waals surface area contributed by atoms with Crippen molar-refractivity contribution in [3.8, 4) is 0 Å². The maximum absolute atomic E-state index is 11.8. The Bertz CT molecular complexity index is 1110. The fourth-order valence-electron chi connectivity index (χ4n) is 3.86. The van der Waals surface area contributed by atoms with Crippen LogP contribution in [0.2, 0.25) is 0 Å². The van der Waals surface area contributed by atoms with E-state index in [-0.39, 0.29) is 17.2 Å². The highest BCUT2D eigenvalue weighted by Gasteiger charge is 2.19. The number of pyridine rings is 1. The lowest BCUT2D eigenvalue weighted by Crippen LogP contribution is -2.46. The highest BCUT2D eigenvalue weighted by atomic mass is 16.6. The SMILES string of the molecule is CNC(=O)c1ccc(Nc2ccc(CN3CCN(c4ccccn4)CC3)cc2)c([N+](=O)[O-])c1. The van der Waals surface area contributed by atoms with Crippen LogP contribution in [0.3, 0.4) is 0 Å². The Morgan fingerprint density at radius 2 is 1.82 bits per heavy atom. The number of carbonyl (C=O) groups is 1. The lowest BCUT2D eigenvalue weighted by Gasteiger charge is -2.35. The maximum Gasteiger partial charge on any atom is 0.293 e. The van der Waals surface area contributed by atoms with E-state index in [4.69, 9.17) is 0 Å². The molecule has 1 aliphatic heterocycles. The van der Waals surface area contributed by atoms with Crippen molar-refractivity contribution in [2.75, 3.05) is 43.4 Å². The number of nitrogens with one attached hydrogen (secondary N) is 2. The van der Waals surface area contributed by atoms with E-state index in [9.17, 15) is 14.9 Å². The lowest BCUT2D eigenvalue weighted by molar-refractivity contribution is -0.383. The first-order chi connectivity index (χ1) is 16.0. The van der Waals surface area contributed by atoms with Crippen molar-refractivity contribution < 1.29 is 9.72 Å². The summed E-state index contributed by atoms with van der Waals surface area (Å²) in [4.78, 5) is 31.9. The monoisotopic (exact) mass is 446 g/mol. The van der Waals surface area contributed by atoms with Gasteiger partial charge in [-0.15, -0.1) is 0 Å². The van der Waals surface area contributed by atoms with E-state index in [1.807, 2.05) is 48.7 Å². The van der Waals surface area contributed by atoms with E-state index >= 15 is 0 Å². The second kappa shape index (κ2) is 10.1. The summed E-state index contributed by atoms with van der Waals surface area (Å²) in [5, 5.41) is 17.1.